The largest absolute Gasteiger partial charge is 0.376 e. The molecule has 19 heavy (non-hydrogen) atoms. The molecule has 2 rings (SSSR count). The lowest BCUT2D eigenvalue weighted by atomic mass is 10.2. The molecule has 1 unspecified atom stereocenters. The van der Waals surface area contributed by atoms with Crippen molar-refractivity contribution in [2.24, 2.45) is 0 Å². The van der Waals surface area contributed by atoms with Crippen molar-refractivity contribution in [1.82, 2.24) is 10.2 Å². The summed E-state index contributed by atoms with van der Waals surface area (Å²) in [6.45, 7) is 0.921. The standard InChI is InChI=1S/C12H13N3O3S/c13-6-9-8-18-4-3-15(9)11(16)7-14-12(17)10-2-1-5-19-10/h1-2,5,9H,3-4,7-8H2,(H,14,17). The maximum absolute atomic E-state index is 11.9. The van der Waals surface area contributed by atoms with Crippen LogP contribution in [0, 0.1) is 11.3 Å². The van der Waals surface area contributed by atoms with Gasteiger partial charge in [-0.25, -0.2) is 0 Å². The van der Waals surface area contributed by atoms with Gasteiger partial charge in [0.1, 0.15) is 6.04 Å². The van der Waals surface area contributed by atoms with Gasteiger partial charge in [-0.3, -0.25) is 9.59 Å². The van der Waals surface area contributed by atoms with Gasteiger partial charge in [0.15, 0.2) is 0 Å². The van der Waals surface area contributed by atoms with Gasteiger partial charge in [-0.05, 0) is 11.4 Å². The van der Waals surface area contributed by atoms with E-state index in [1.165, 1.54) is 16.2 Å². The fourth-order valence-corrected chi connectivity index (χ4v) is 2.40. The van der Waals surface area contributed by atoms with Crippen molar-refractivity contribution >= 4 is 23.2 Å². The number of carbonyl (C=O) groups is 2. The van der Waals surface area contributed by atoms with Crippen molar-refractivity contribution in [3.05, 3.63) is 22.4 Å². The third kappa shape index (κ3) is 3.30. The van der Waals surface area contributed by atoms with E-state index in [2.05, 4.69) is 5.32 Å². The van der Waals surface area contributed by atoms with E-state index in [0.717, 1.165) is 0 Å². The molecule has 0 aromatic carbocycles. The minimum atomic E-state index is -0.570. The average Bonchev–Trinajstić information content (AvgIpc) is 2.98. The van der Waals surface area contributed by atoms with Crippen LogP contribution in [-0.2, 0) is 9.53 Å². The Bertz CT molecular complexity index is 495. The quantitative estimate of drug-likeness (QED) is 0.858. The molecule has 1 saturated heterocycles. The van der Waals surface area contributed by atoms with Crippen LogP contribution < -0.4 is 5.32 Å². The normalized spacial score (nSPS) is 18.7. The first-order valence-corrected chi connectivity index (χ1v) is 6.69. The molecular formula is C12H13N3O3S. The lowest BCUT2D eigenvalue weighted by Gasteiger charge is -2.31. The molecule has 1 atom stereocenters. The summed E-state index contributed by atoms with van der Waals surface area (Å²) in [6, 6.07) is 4.91. The van der Waals surface area contributed by atoms with E-state index in [-0.39, 0.29) is 25.0 Å². The molecule has 100 valence electrons. The summed E-state index contributed by atoms with van der Waals surface area (Å²) in [4.78, 5) is 25.6. The predicted molar refractivity (Wildman–Crippen MR) is 68.6 cm³/mol. The monoisotopic (exact) mass is 279 g/mol. The van der Waals surface area contributed by atoms with Crippen LogP contribution in [0.4, 0.5) is 0 Å². The molecule has 0 saturated carbocycles. The summed E-state index contributed by atoms with van der Waals surface area (Å²) in [6.07, 6.45) is 0. The highest BCUT2D eigenvalue weighted by atomic mass is 32.1. The first-order valence-electron chi connectivity index (χ1n) is 5.81. The van der Waals surface area contributed by atoms with E-state index in [0.29, 0.717) is 18.0 Å². The molecule has 6 nitrogen and oxygen atoms in total. The minimum Gasteiger partial charge on any atom is -0.376 e. The second kappa shape index (κ2) is 6.31. The Labute approximate surface area is 114 Å². The van der Waals surface area contributed by atoms with Gasteiger partial charge >= 0.3 is 0 Å². The molecule has 7 heteroatoms. The molecule has 2 heterocycles. The Kier molecular flexibility index (Phi) is 4.49. The Balaban J connectivity index is 1.87. The Hall–Kier alpha value is -1.91. The topological polar surface area (TPSA) is 82.4 Å². The van der Waals surface area contributed by atoms with Crippen LogP contribution in [0.25, 0.3) is 0 Å². The molecule has 0 aliphatic carbocycles. The van der Waals surface area contributed by atoms with E-state index in [9.17, 15) is 9.59 Å². The molecule has 1 aliphatic heterocycles. The van der Waals surface area contributed by atoms with Gasteiger partial charge < -0.3 is 15.0 Å². The van der Waals surface area contributed by atoms with Gasteiger partial charge in [0.05, 0.1) is 30.7 Å². The number of amides is 2. The first-order chi connectivity index (χ1) is 9.22. The van der Waals surface area contributed by atoms with Crippen LogP contribution in [0.15, 0.2) is 17.5 Å². The van der Waals surface area contributed by atoms with E-state index < -0.39 is 6.04 Å². The Morgan fingerprint density at radius 2 is 2.47 bits per heavy atom. The fourth-order valence-electron chi connectivity index (χ4n) is 1.76. The van der Waals surface area contributed by atoms with E-state index in [1.807, 2.05) is 6.07 Å². The summed E-state index contributed by atoms with van der Waals surface area (Å²) in [5.74, 6) is -0.537. The number of hydrogen-bond acceptors (Lipinski definition) is 5. The van der Waals surface area contributed by atoms with Gasteiger partial charge in [0.2, 0.25) is 5.91 Å². The lowest BCUT2D eigenvalue weighted by Crippen LogP contribution is -2.51. The fraction of sp³-hybridized carbons (Fsp3) is 0.417. The van der Waals surface area contributed by atoms with Crippen LogP contribution in [0.5, 0.6) is 0 Å². The van der Waals surface area contributed by atoms with Gasteiger partial charge in [0, 0.05) is 6.54 Å². The van der Waals surface area contributed by atoms with Crippen molar-refractivity contribution in [3.8, 4) is 6.07 Å². The Morgan fingerprint density at radius 3 is 3.16 bits per heavy atom. The van der Waals surface area contributed by atoms with Crippen LogP contribution in [0.1, 0.15) is 9.67 Å². The zero-order chi connectivity index (χ0) is 13.7. The van der Waals surface area contributed by atoms with Crippen molar-refractivity contribution in [2.45, 2.75) is 6.04 Å². The van der Waals surface area contributed by atoms with Crippen molar-refractivity contribution in [3.63, 3.8) is 0 Å². The predicted octanol–water partition coefficient (Wildman–Crippen LogP) is 0.229. The third-order valence-corrected chi connectivity index (χ3v) is 3.61. The average molecular weight is 279 g/mol. The molecule has 2 amide bonds. The third-order valence-electron chi connectivity index (χ3n) is 2.74. The summed E-state index contributed by atoms with van der Waals surface area (Å²) < 4.78 is 5.14. The van der Waals surface area contributed by atoms with Gasteiger partial charge in [-0.2, -0.15) is 5.26 Å². The smallest absolute Gasteiger partial charge is 0.261 e. The number of carbonyl (C=O) groups excluding carboxylic acids is 2. The summed E-state index contributed by atoms with van der Waals surface area (Å²) in [5, 5.41) is 13.3. The number of ether oxygens (including phenoxy) is 1. The van der Waals surface area contributed by atoms with E-state index >= 15 is 0 Å². The molecule has 1 aromatic heterocycles. The molecule has 1 N–H and O–H groups in total. The Morgan fingerprint density at radius 1 is 1.63 bits per heavy atom. The maximum Gasteiger partial charge on any atom is 0.261 e. The lowest BCUT2D eigenvalue weighted by molar-refractivity contribution is -0.136. The number of nitrogens with one attached hydrogen (secondary N) is 1. The van der Waals surface area contributed by atoms with E-state index in [4.69, 9.17) is 10.00 Å². The molecule has 1 aliphatic rings. The molecule has 1 fully saturated rings. The highest BCUT2D eigenvalue weighted by Gasteiger charge is 2.27. The molecular weight excluding hydrogens is 266 g/mol. The van der Waals surface area contributed by atoms with Gasteiger partial charge in [-0.1, -0.05) is 6.07 Å². The van der Waals surface area contributed by atoms with Crippen molar-refractivity contribution in [2.75, 3.05) is 26.3 Å². The number of nitrogens with zero attached hydrogens (tertiary/aromatic N) is 2. The minimum absolute atomic E-state index is 0.102. The summed E-state index contributed by atoms with van der Waals surface area (Å²) in [7, 11) is 0. The number of rotatable bonds is 3. The second-order valence-electron chi connectivity index (χ2n) is 3.97. The van der Waals surface area contributed by atoms with Gasteiger partial charge in [0.25, 0.3) is 5.91 Å². The van der Waals surface area contributed by atoms with Crippen molar-refractivity contribution in [1.29, 1.82) is 5.26 Å². The molecule has 0 spiro atoms. The maximum atomic E-state index is 11.9. The SMILES string of the molecule is N#CC1COCCN1C(=O)CNC(=O)c1cccs1. The number of nitriles is 1. The van der Waals surface area contributed by atoms with Crippen LogP contribution in [0.2, 0.25) is 0 Å². The molecule has 0 bridgehead atoms. The van der Waals surface area contributed by atoms with Gasteiger partial charge in [-0.15, -0.1) is 11.3 Å². The van der Waals surface area contributed by atoms with Crippen LogP contribution in [0.3, 0.4) is 0 Å². The molecule has 1 aromatic rings. The molecule has 0 radical (unpaired) electrons. The zero-order valence-electron chi connectivity index (χ0n) is 10.2. The zero-order valence-corrected chi connectivity index (χ0v) is 11.0. The number of morpholine rings is 1. The van der Waals surface area contributed by atoms with Crippen LogP contribution in [-0.4, -0.2) is 49.1 Å². The van der Waals surface area contributed by atoms with Crippen LogP contribution >= 0.6 is 11.3 Å². The second-order valence-corrected chi connectivity index (χ2v) is 4.91. The first kappa shape index (κ1) is 13.5. The van der Waals surface area contributed by atoms with E-state index in [1.54, 1.807) is 17.5 Å². The summed E-state index contributed by atoms with van der Waals surface area (Å²) in [5.41, 5.74) is 0. The van der Waals surface area contributed by atoms with Crippen molar-refractivity contribution < 1.29 is 14.3 Å². The highest BCUT2D eigenvalue weighted by Crippen LogP contribution is 2.08. The highest BCUT2D eigenvalue weighted by molar-refractivity contribution is 7.12. The number of hydrogen-bond donors (Lipinski definition) is 1. The summed E-state index contributed by atoms with van der Waals surface area (Å²) >= 11 is 1.31. The number of thiophene rings is 1.